The lowest BCUT2D eigenvalue weighted by Gasteiger charge is -2.45. The second-order valence-corrected chi connectivity index (χ2v) is 5.67. The fourth-order valence-corrected chi connectivity index (χ4v) is 3.31. The van der Waals surface area contributed by atoms with Crippen LogP contribution >= 0.6 is 0 Å². The minimum absolute atomic E-state index is 0.0712. The van der Waals surface area contributed by atoms with Crippen LogP contribution < -0.4 is 15.0 Å². The fraction of sp³-hybridized carbons (Fsp3) is 0.471. The standard InChI is InChI=1S/C17H22N2O3/c1-3-6-18-17(20)14-9-12-4-5-13(21-2)10-15(12)19-7-8-22-11-16(14)19/h3-5,10,14,16H,1,6-9,11H2,2H3,(H,18,20). The van der Waals surface area contributed by atoms with Crippen molar-refractivity contribution in [1.82, 2.24) is 5.32 Å². The molecule has 5 nitrogen and oxygen atoms in total. The Hall–Kier alpha value is -2.01. The number of hydrogen-bond acceptors (Lipinski definition) is 4. The van der Waals surface area contributed by atoms with Crippen LogP contribution in [0.4, 0.5) is 5.69 Å². The lowest BCUT2D eigenvalue weighted by atomic mass is 9.84. The van der Waals surface area contributed by atoms with Crippen LogP contribution in [-0.4, -0.2) is 45.4 Å². The van der Waals surface area contributed by atoms with Gasteiger partial charge in [-0.1, -0.05) is 12.1 Å². The molecule has 1 aromatic carbocycles. The molecule has 22 heavy (non-hydrogen) atoms. The number of amides is 1. The summed E-state index contributed by atoms with van der Waals surface area (Å²) >= 11 is 0. The molecule has 2 aliphatic heterocycles. The maximum Gasteiger partial charge on any atom is 0.225 e. The number of nitrogens with zero attached hydrogens (tertiary/aromatic N) is 1. The predicted octanol–water partition coefficient (Wildman–Crippen LogP) is 1.37. The van der Waals surface area contributed by atoms with Crippen molar-refractivity contribution >= 4 is 11.6 Å². The number of anilines is 1. The van der Waals surface area contributed by atoms with Gasteiger partial charge in [0.25, 0.3) is 0 Å². The second-order valence-electron chi connectivity index (χ2n) is 5.67. The van der Waals surface area contributed by atoms with Crippen LogP contribution in [0.2, 0.25) is 0 Å². The molecule has 118 valence electrons. The normalized spacial score (nSPS) is 23.2. The average Bonchev–Trinajstić information content (AvgIpc) is 2.58. The van der Waals surface area contributed by atoms with Crippen molar-refractivity contribution in [1.29, 1.82) is 0 Å². The number of rotatable bonds is 4. The number of nitrogens with one attached hydrogen (secondary N) is 1. The van der Waals surface area contributed by atoms with Crippen LogP contribution in [0.5, 0.6) is 5.75 Å². The SMILES string of the molecule is C=CCNC(=O)C1Cc2ccc(OC)cc2N2CCOCC12. The molecule has 0 aromatic heterocycles. The van der Waals surface area contributed by atoms with Crippen molar-refractivity contribution in [2.45, 2.75) is 12.5 Å². The molecule has 0 radical (unpaired) electrons. The van der Waals surface area contributed by atoms with Crippen LogP contribution in [0.1, 0.15) is 5.56 Å². The number of hydrogen-bond donors (Lipinski definition) is 1. The number of ether oxygens (including phenoxy) is 2. The van der Waals surface area contributed by atoms with E-state index >= 15 is 0 Å². The van der Waals surface area contributed by atoms with E-state index in [0.717, 1.165) is 18.7 Å². The van der Waals surface area contributed by atoms with E-state index in [2.05, 4.69) is 28.9 Å². The Balaban J connectivity index is 1.91. The topological polar surface area (TPSA) is 50.8 Å². The molecule has 0 aliphatic carbocycles. The van der Waals surface area contributed by atoms with Crippen molar-refractivity contribution in [2.75, 3.05) is 38.3 Å². The summed E-state index contributed by atoms with van der Waals surface area (Å²) in [5.41, 5.74) is 2.36. The van der Waals surface area contributed by atoms with E-state index in [1.54, 1.807) is 13.2 Å². The minimum Gasteiger partial charge on any atom is -0.497 e. The van der Waals surface area contributed by atoms with Crippen molar-refractivity contribution in [3.05, 3.63) is 36.4 Å². The largest absolute Gasteiger partial charge is 0.497 e. The van der Waals surface area contributed by atoms with Gasteiger partial charge in [-0.3, -0.25) is 4.79 Å². The maximum absolute atomic E-state index is 12.5. The van der Waals surface area contributed by atoms with E-state index in [-0.39, 0.29) is 17.9 Å². The Labute approximate surface area is 130 Å². The average molecular weight is 302 g/mol. The van der Waals surface area contributed by atoms with Gasteiger partial charge in [-0.15, -0.1) is 6.58 Å². The van der Waals surface area contributed by atoms with Crippen LogP contribution in [0.15, 0.2) is 30.9 Å². The van der Waals surface area contributed by atoms with Crippen molar-refractivity contribution in [3.8, 4) is 5.75 Å². The van der Waals surface area contributed by atoms with Gasteiger partial charge in [-0.05, 0) is 18.1 Å². The van der Waals surface area contributed by atoms with E-state index in [0.29, 0.717) is 19.8 Å². The first-order valence-electron chi connectivity index (χ1n) is 7.64. The first-order valence-corrected chi connectivity index (χ1v) is 7.64. The highest BCUT2D eigenvalue weighted by atomic mass is 16.5. The van der Waals surface area contributed by atoms with Crippen LogP contribution in [-0.2, 0) is 16.0 Å². The number of carbonyl (C=O) groups excluding carboxylic acids is 1. The molecule has 2 atom stereocenters. The van der Waals surface area contributed by atoms with Gasteiger partial charge in [-0.2, -0.15) is 0 Å². The Bertz CT molecular complexity index is 573. The lowest BCUT2D eigenvalue weighted by Crippen LogP contribution is -2.56. The van der Waals surface area contributed by atoms with Gasteiger partial charge in [-0.25, -0.2) is 0 Å². The third-order valence-corrected chi connectivity index (χ3v) is 4.43. The molecule has 2 aliphatic rings. The zero-order valence-electron chi connectivity index (χ0n) is 12.9. The molecule has 1 aromatic rings. The Morgan fingerprint density at radius 3 is 3.23 bits per heavy atom. The number of benzene rings is 1. The van der Waals surface area contributed by atoms with E-state index in [1.165, 1.54) is 11.3 Å². The molecule has 1 N–H and O–H groups in total. The summed E-state index contributed by atoms with van der Waals surface area (Å²) in [6, 6.07) is 6.16. The summed E-state index contributed by atoms with van der Waals surface area (Å²) in [7, 11) is 1.67. The third kappa shape index (κ3) is 2.68. The number of morpholine rings is 1. The summed E-state index contributed by atoms with van der Waals surface area (Å²) in [6.45, 7) is 6.23. The summed E-state index contributed by atoms with van der Waals surface area (Å²) in [4.78, 5) is 14.8. The molecule has 0 spiro atoms. The van der Waals surface area contributed by atoms with Crippen LogP contribution in [0.25, 0.3) is 0 Å². The minimum atomic E-state index is -0.0962. The third-order valence-electron chi connectivity index (χ3n) is 4.43. The monoisotopic (exact) mass is 302 g/mol. The first-order chi connectivity index (χ1) is 10.7. The number of fused-ring (bicyclic) bond motifs is 3. The van der Waals surface area contributed by atoms with Crippen LogP contribution in [0, 0.1) is 5.92 Å². The molecule has 1 fully saturated rings. The highest BCUT2D eigenvalue weighted by molar-refractivity contribution is 5.82. The molecule has 3 rings (SSSR count). The zero-order chi connectivity index (χ0) is 15.5. The lowest BCUT2D eigenvalue weighted by molar-refractivity contribution is -0.126. The smallest absolute Gasteiger partial charge is 0.225 e. The Morgan fingerprint density at radius 1 is 1.59 bits per heavy atom. The van der Waals surface area contributed by atoms with Crippen molar-refractivity contribution in [3.63, 3.8) is 0 Å². The van der Waals surface area contributed by atoms with Gasteiger partial charge in [0.1, 0.15) is 5.75 Å². The fourth-order valence-electron chi connectivity index (χ4n) is 3.31. The molecular weight excluding hydrogens is 280 g/mol. The van der Waals surface area contributed by atoms with Crippen LogP contribution in [0.3, 0.4) is 0 Å². The summed E-state index contributed by atoms with van der Waals surface area (Å²) < 4.78 is 11.0. The van der Waals surface area contributed by atoms with Gasteiger partial charge in [0, 0.05) is 24.8 Å². The summed E-state index contributed by atoms with van der Waals surface area (Å²) in [6.07, 6.45) is 2.43. The summed E-state index contributed by atoms with van der Waals surface area (Å²) in [5, 5.41) is 2.92. The number of carbonyl (C=O) groups is 1. The maximum atomic E-state index is 12.5. The number of methoxy groups -OCH3 is 1. The highest BCUT2D eigenvalue weighted by Crippen LogP contribution is 2.37. The van der Waals surface area contributed by atoms with Gasteiger partial charge < -0.3 is 19.7 Å². The predicted molar refractivity (Wildman–Crippen MR) is 85.3 cm³/mol. The van der Waals surface area contributed by atoms with Gasteiger partial charge >= 0.3 is 0 Å². The van der Waals surface area contributed by atoms with E-state index in [1.807, 2.05) is 6.07 Å². The molecule has 0 saturated carbocycles. The van der Waals surface area contributed by atoms with Gasteiger partial charge in [0.05, 0.1) is 32.3 Å². The summed E-state index contributed by atoms with van der Waals surface area (Å²) in [5.74, 6) is 0.821. The molecule has 2 heterocycles. The van der Waals surface area contributed by atoms with E-state index < -0.39 is 0 Å². The Morgan fingerprint density at radius 2 is 2.45 bits per heavy atom. The van der Waals surface area contributed by atoms with Crippen molar-refractivity contribution < 1.29 is 14.3 Å². The molecule has 1 amide bonds. The zero-order valence-corrected chi connectivity index (χ0v) is 12.9. The molecule has 5 heteroatoms. The second kappa shape index (κ2) is 6.40. The molecular formula is C17H22N2O3. The first kappa shape index (κ1) is 14.9. The molecule has 2 unspecified atom stereocenters. The highest BCUT2D eigenvalue weighted by Gasteiger charge is 2.40. The molecule has 1 saturated heterocycles. The van der Waals surface area contributed by atoms with E-state index in [9.17, 15) is 4.79 Å². The van der Waals surface area contributed by atoms with Crippen molar-refractivity contribution in [2.24, 2.45) is 5.92 Å². The Kier molecular flexibility index (Phi) is 4.34. The molecule has 0 bridgehead atoms. The van der Waals surface area contributed by atoms with Gasteiger partial charge in [0.15, 0.2) is 0 Å². The quantitative estimate of drug-likeness (QED) is 0.854. The van der Waals surface area contributed by atoms with E-state index in [4.69, 9.17) is 9.47 Å². The van der Waals surface area contributed by atoms with Gasteiger partial charge in [0.2, 0.25) is 5.91 Å².